The first-order valence-electron chi connectivity index (χ1n) is 5.00. The highest BCUT2D eigenvalue weighted by Gasteiger charge is 2.14. The van der Waals surface area contributed by atoms with Crippen molar-refractivity contribution in [2.75, 3.05) is 13.7 Å². The van der Waals surface area contributed by atoms with E-state index in [-0.39, 0.29) is 0 Å². The van der Waals surface area contributed by atoms with Crippen LogP contribution in [0.1, 0.15) is 18.5 Å². The largest absolute Gasteiger partial charge is 0.378 e. The van der Waals surface area contributed by atoms with E-state index in [1.165, 1.54) is 12.8 Å². The lowest BCUT2D eigenvalue weighted by Gasteiger charge is -2.08. The van der Waals surface area contributed by atoms with E-state index in [4.69, 9.17) is 4.74 Å². The van der Waals surface area contributed by atoms with Gasteiger partial charge in [0.1, 0.15) is 5.69 Å². The van der Waals surface area contributed by atoms with Crippen molar-refractivity contribution in [1.82, 2.24) is 20.3 Å². The van der Waals surface area contributed by atoms with Gasteiger partial charge in [-0.05, 0) is 19.4 Å². The summed E-state index contributed by atoms with van der Waals surface area (Å²) in [6, 6.07) is 0.562. The van der Waals surface area contributed by atoms with E-state index in [2.05, 4.69) is 15.6 Å². The van der Waals surface area contributed by atoms with Crippen molar-refractivity contribution in [3.63, 3.8) is 0 Å². The third kappa shape index (κ3) is 2.30. The number of rotatable bonds is 4. The molecule has 78 valence electrons. The number of ether oxygens (including phenoxy) is 1. The van der Waals surface area contributed by atoms with Gasteiger partial charge in [-0.2, -0.15) is 0 Å². The van der Waals surface area contributed by atoms with E-state index in [0.29, 0.717) is 12.6 Å². The fourth-order valence-corrected chi connectivity index (χ4v) is 1.78. The van der Waals surface area contributed by atoms with E-state index in [0.717, 1.165) is 18.8 Å². The molecule has 5 heteroatoms. The van der Waals surface area contributed by atoms with Crippen molar-refractivity contribution in [3.8, 4) is 0 Å². The summed E-state index contributed by atoms with van der Waals surface area (Å²) in [5.41, 5.74) is 0.894. The quantitative estimate of drug-likeness (QED) is 0.746. The molecule has 1 aromatic rings. The Bertz CT molecular complexity index is 280. The SMILES string of the molecule is COCc1cn(C[C@@H]2CCCN2)nn1. The van der Waals surface area contributed by atoms with E-state index in [9.17, 15) is 0 Å². The average molecular weight is 196 g/mol. The highest BCUT2D eigenvalue weighted by Crippen LogP contribution is 2.07. The fourth-order valence-electron chi connectivity index (χ4n) is 1.78. The zero-order valence-electron chi connectivity index (χ0n) is 8.44. The first-order valence-corrected chi connectivity index (χ1v) is 5.00. The minimum absolute atomic E-state index is 0.540. The molecule has 1 aliphatic rings. The van der Waals surface area contributed by atoms with Crippen LogP contribution in [0.25, 0.3) is 0 Å². The van der Waals surface area contributed by atoms with Crippen LogP contribution in [0.2, 0.25) is 0 Å². The van der Waals surface area contributed by atoms with Crippen LogP contribution >= 0.6 is 0 Å². The van der Waals surface area contributed by atoms with E-state index in [1.807, 2.05) is 10.9 Å². The summed E-state index contributed by atoms with van der Waals surface area (Å²) in [4.78, 5) is 0. The molecule has 1 aliphatic heterocycles. The van der Waals surface area contributed by atoms with Gasteiger partial charge in [-0.15, -0.1) is 5.10 Å². The number of methoxy groups -OCH3 is 1. The van der Waals surface area contributed by atoms with Crippen molar-refractivity contribution in [2.24, 2.45) is 0 Å². The van der Waals surface area contributed by atoms with E-state index >= 15 is 0 Å². The molecule has 1 saturated heterocycles. The van der Waals surface area contributed by atoms with Crippen LogP contribution in [0.15, 0.2) is 6.20 Å². The van der Waals surface area contributed by atoms with E-state index in [1.54, 1.807) is 7.11 Å². The second kappa shape index (κ2) is 4.52. The van der Waals surface area contributed by atoms with Crippen molar-refractivity contribution >= 4 is 0 Å². The maximum Gasteiger partial charge on any atom is 0.108 e. The molecule has 0 spiro atoms. The molecular formula is C9H16N4O. The predicted molar refractivity (Wildman–Crippen MR) is 51.8 cm³/mol. The van der Waals surface area contributed by atoms with Crippen LogP contribution in [0, 0.1) is 0 Å². The Morgan fingerprint density at radius 3 is 3.36 bits per heavy atom. The molecule has 5 nitrogen and oxygen atoms in total. The minimum atomic E-state index is 0.540. The Kier molecular flexibility index (Phi) is 3.10. The number of hydrogen-bond acceptors (Lipinski definition) is 4. The molecule has 2 rings (SSSR count). The summed E-state index contributed by atoms with van der Waals surface area (Å²) in [5.74, 6) is 0. The minimum Gasteiger partial charge on any atom is -0.378 e. The van der Waals surface area contributed by atoms with Gasteiger partial charge in [0, 0.05) is 13.2 Å². The normalized spacial score (nSPS) is 21.6. The summed E-state index contributed by atoms with van der Waals surface area (Å²) in [6.07, 6.45) is 4.45. The third-order valence-corrected chi connectivity index (χ3v) is 2.45. The van der Waals surface area contributed by atoms with Crippen molar-refractivity contribution in [3.05, 3.63) is 11.9 Å². The van der Waals surface area contributed by atoms with Gasteiger partial charge in [-0.1, -0.05) is 5.21 Å². The molecular weight excluding hydrogens is 180 g/mol. The second-order valence-electron chi connectivity index (χ2n) is 3.66. The summed E-state index contributed by atoms with van der Waals surface area (Å²) in [5, 5.41) is 11.5. The molecule has 1 N–H and O–H groups in total. The number of nitrogens with one attached hydrogen (secondary N) is 1. The molecule has 0 amide bonds. The zero-order chi connectivity index (χ0) is 9.80. The molecule has 0 aromatic carbocycles. The van der Waals surface area contributed by atoms with Gasteiger partial charge in [0.05, 0.1) is 19.3 Å². The zero-order valence-corrected chi connectivity index (χ0v) is 8.44. The molecule has 2 heterocycles. The standard InChI is InChI=1S/C9H16N4O/c1-14-7-9-6-13(12-11-9)5-8-3-2-4-10-8/h6,8,10H,2-5,7H2,1H3/t8-/m0/s1. The topological polar surface area (TPSA) is 52.0 Å². The Morgan fingerprint density at radius 2 is 2.64 bits per heavy atom. The lowest BCUT2D eigenvalue weighted by Crippen LogP contribution is -2.26. The number of nitrogens with zero attached hydrogens (tertiary/aromatic N) is 3. The molecule has 0 radical (unpaired) electrons. The molecule has 14 heavy (non-hydrogen) atoms. The Labute approximate surface area is 83.4 Å². The van der Waals surface area contributed by atoms with E-state index < -0.39 is 0 Å². The molecule has 0 aliphatic carbocycles. The lowest BCUT2D eigenvalue weighted by atomic mass is 10.2. The van der Waals surface area contributed by atoms with Crippen LogP contribution in [0.4, 0.5) is 0 Å². The van der Waals surface area contributed by atoms with Gasteiger partial charge in [0.15, 0.2) is 0 Å². The molecule has 1 atom stereocenters. The summed E-state index contributed by atoms with van der Waals surface area (Å²) in [6.45, 7) is 2.58. The summed E-state index contributed by atoms with van der Waals surface area (Å²) >= 11 is 0. The maximum absolute atomic E-state index is 4.98. The van der Waals surface area contributed by atoms with Crippen LogP contribution in [-0.2, 0) is 17.9 Å². The van der Waals surface area contributed by atoms with Gasteiger partial charge in [0.25, 0.3) is 0 Å². The van der Waals surface area contributed by atoms with Crippen LogP contribution in [0.5, 0.6) is 0 Å². The Hall–Kier alpha value is -0.940. The van der Waals surface area contributed by atoms with Crippen LogP contribution in [0.3, 0.4) is 0 Å². The summed E-state index contributed by atoms with van der Waals surface area (Å²) < 4.78 is 6.87. The predicted octanol–water partition coefficient (Wildman–Crippen LogP) is 0.176. The Morgan fingerprint density at radius 1 is 1.71 bits per heavy atom. The second-order valence-corrected chi connectivity index (χ2v) is 3.66. The maximum atomic E-state index is 4.98. The average Bonchev–Trinajstić information content (AvgIpc) is 2.79. The smallest absolute Gasteiger partial charge is 0.108 e. The van der Waals surface area contributed by atoms with Crippen LogP contribution < -0.4 is 5.32 Å². The van der Waals surface area contributed by atoms with Gasteiger partial charge in [-0.25, -0.2) is 0 Å². The molecule has 0 unspecified atom stereocenters. The molecule has 1 fully saturated rings. The van der Waals surface area contributed by atoms with Gasteiger partial charge < -0.3 is 10.1 Å². The number of aromatic nitrogens is 3. The highest BCUT2D eigenvalue weighted by atomic mass is 16.5. The molecule has 1 aromatic heterocycles. The van der Waals surface area contributed by atoms with Crippen molar-refractivity contribution < 1.29 is 4.74 Å². The first-order chi connectivity index (χ1) is 6.88. The lowest BCUT2D eigenvalue weighted by molar-refractivity contribution is 0.181. The van der Waals surface area contributed by atoms with Crippen molar-refractivity contribution in [2.45, 2.75) is 32.0 Å². The monoisotopic (exact) mass is 196 g/mol. The third-order valence-electron chi connectivity index (χ3n) is 2.45. The van der Waals surface area contributed by atoms with Crippen LogP contribution in [-0.4, -0.2) is 34.7 Å². The van der Waals surface area contributed by atoms with Gasteiger partial charge in [-0.3, -0.25) is 4.68 Å². The molecule has 0 saturated carbocycles. The summed E-state index contributed by atoms with van der Waals surface area (Å²) in [7, 11) is 1.66. The fraction of sp³-hybridized carbons (Fsp3) is 0.778. The molecule has 0 bridgehead atoms. The first kappa shape index (κ1) is 9.61. The highest BCUT2D eigenvalue weighted by molar-refractivity contribution is 4.90. The van der Waals surface area contributed by atoms with Gasteiger partial charge >= 0.3 is 0 Å². The Balaban J connectivity index is 1.88. The number of hydrogen-bond donors (Lipinski definition) is 1. The van der Waals surface area contributed by atoms with Gasteiger partial charge in [0.2, 0.25) is 0 Å². The van der Waals surface area contributed by atoms with Crippen molar-refractivity contribution in [1.29, 1.82) is 0 Å².